The molecule has 2 N–H and O–H groups in total. The maximum Gasteiger partial charge on any atom is 0.261 e. The van der Waals surface area contributed by atoms with Gasteiger partial charge >= 0.3 is 0 Å². The molecule has 6 nitrogen and oxygen atoms in total. The van der Waals surface area contributed by atoms with Crippen LogP contribution < -0.4 is 14.4 Å². The number of rotatable bonds is 1. The van der Waals surface area contributed by atoms with Crippen LogP contribution in [-0.2, 0) is 16.6 Å². The second kappa shape index (κ2) is 14.0. The van der Waals surface area contributed by atoms with Gasteiger partial charge in [0.05, 0.1) is 17.9 Å². The number of nitrogens with zero attached hydrogens (tertiary/aromatic N) is 1. The number of fused-ring (bicyclic) bond motifs is 4. The van der Waals surface area contributed by atoms with Crippen molar-refractivity contribution in [3.8, 4) is 5.75 Å². The molecule has 2 bridgehead atoms. The summed E-state index contributed by atoms with van der Waals surface area (Å²) < 4.78 is 14.0. The summed E-state index contributed by atoms with van der Waals surface area (Å²) >= 11 is 7.97. The summed E-state index contributed by atoms with van der Waals surface area (Å²) in [5, 5.41) is 12.8. The highest BCUT2D eigenvalue weighted by Gasteiger charge is 2.46. The number of aliphatic hydroxyl groups is 1. The molecule has 0 aromatic heterocycles. The molecule has 2 aromatic carbocycles. The number of amides is 1. The minimum atomic E-state index is -0.651. The summed E-state index contributed by atoms with van der Waals surface area (Å²) in [7, 11) is 3.25. The molecule has 5 atom stereocenters. The summed E-state index contributed by atoms with van der Waals surface area (Å²) in [6.07, 6.45) is 10.4. The lowest BCUT2D eigenvalue weighted by Crippen LogP contribution is -2.52. The van der Waals surface area contributed by atoms with Crippen LogP contribution in [0.2, 0.25) is 5.02 Å². The van der Waals surface area contributed by atoms with Gasteiger partial charge in [-0.15, -0.1) is 0 Å². The third-order valence-electron chi connectivity index (χ3n) is 10.2. The molecule has 2 aliphatic heterocycles. The van der Waals surface area contributed by atoms with Gasteiger partial charge in [0.25, 0.3) is 5.91 Å². The fourth-order valence-electron chi connectivity index (χ4n) is 7.73. The van der Waals surface area contributed by atoms with Gasteiger partial charge in [0.15, 0.2) is 0 Å². The van der Waals surface area contributed by atoms with E-state index in [9.17, 15) is 9.90 Å². The average molecular weight is 629 g/mol. The molecule has 1 fully saturated rings. The Morgan fingerprint density at radius 2 is 1.93 bits per heavy atom. The van der Waals surface area contributed by atoms with E-state index in [0.29, 0.717) is 29.3 Å². The molecule has 236 valence electrons. The van der Waals surface area contributed by atoms with E-state index in [2.05, 4.69) is 40.3 Å². The quantitative estimate of drug-likeness (QED) is 0.317. The van der Waals surface area contributed by atoms with E-state index in [1.54, 1.807) is 26.2 Å². The van der Waals surface area contributed by atoms with E-state index in [1.165, 1.54) is 11.1 Å². The molecule has 2 aromatic rings. The third-order valence-corrected chi connectivity index (χ3v) is 11.6. The van der Waals surface area contributed by atoms with Gasteiger partial charge in [-0.05, 0) is 124 Å². The number of ether oxygens (including phenoxy) is 2. The fourth-order valence-corrected chi connectivity index (χ4v) is 8.76. The first-order valence-corrected chi connectivity index (χ1v) is 17.3. The highest BCUT2D eigenvalue weighted by Crippen LogP contribution is 2.48. The van der Waals surface area contributed by atoms with Crippen molar-refractivity contribution in [3.63, 3.8) is 0 Å². The minimum Gasteiger partial charge on any atom is -0.490 e. The van der Waals surface area contributed by atoms with Crippen molar-refractivity contribution in [2.24, 2.45) is 11.8 Å². The van der Waals surface area contributed by atoms with E-state index in [0.717, 1.165) is 93.8 Å². The van der Waals surface area contributed by atoms with Crippen LogP contribution in [0.25, 0.3) is 0 Å². The average Bonchev–Trinajstić information content (AvgIpc) is 3.11. The molecule has 0 saturated heterocycles. The molecule has 43 heavy (non-hydrogen) atoms. The van der Waals surface area contributed by atoms with Crippen LogP contribution in [0.4, 0.5) is 5.69 Å². The Bertz CT molecular complexity index is 1270. The zero-order chi connectivity index (χ0) is 30.6. The van der Waals surface area contributed by atoms with Crippen LogP contribution in [-0.4, -0.2) is 55.8 Å². The van der Waals surface area contributed by atoms with E-state index >= 15 is 0 Å². The van der Waals surface area contributed by atoms with Crippen molar-refractivity contribution in [3.05, 3.63) is 58.1 Å². The van der Waals surface area contributed by atoms with Crippen LogP contribution in [0.5, 0.6) is 5.75 Å². The number of methoxy groups -OCH3 is 1. The zero-order valence-electron chi connectivity index (χ0n) is 26.3. The number of carbonyl (C=O) groups is 1. The topological polar surface area (TPSA) is 71.0 Å². The van der Waals surface area contributed by atoms with E-state index in [-0.39, 0.29) is 11.3 Å². The highest BCUT2D eigenvalue weighted by atomic mass is 35.5. The summed E-state index contributed by atoms with van der Waals surface area (Å²) in [6, 6.07) is 12.3. The van der Waals surface area contributed by atoms with Gasteiger partial charge in [0.2, 0.25) is 0 Å². The third kappa shape index (κ3) is 7.16. The van der Waals surface area contributed by atoms with Crippen LogP contribution in [0, 0.1) is 11.8 Å². The summed E-state index contributed by atoms with van der Waals surface area (Å²) in [5.41, 5.74) is 3.55. The number of anilines is 1. The summed E-state index contributed by atoms with van der Waals surface area (Å²) in [5.74, 6) is 1.51. The monoisotopic (exact) mass is 628 g/mol. The van der Waals surface area contributed by atoms with Crippen molar-refractivity contribution in [1.29, 1.82) is 0 Å². The number of carbonyl (C=O) groups excluding carboxylic acids is 1. The Labute approximate surface area is 267 Å². The Morgan fingerprint density at radius 3 is 2.67 bits per heavy atom. The molecule has 1 spiro atoms. The highest BCUT2D eigenvalue weighted by molar-refractivity contribution is 7.98. The summed E-state index contributed by atoms with van der Waals surface area (Å²) in [6.45, 7) is 6.55. The van der Waals surface area contributed by atoms with Gasteiger partial charge in [0.1, 0.15) is 5.75 Å². The van der Waals surface area contributed by atoms with Crippen molar-refractivity contribution in [2.45, 2.75) is 94.3 Å². The first-order chi connectivity index (χ1) is 20.7. The van der Waals surface area contributed by atoms with Crippen molar-refractivity contribution in [1.82, 2.24) is 4.72 Å². The number of halogens is 1. The lowest BCUT2D eigenvalue weighted by Gasteiger charge is -2.49. The normalized spacial score (nSPS) is 30.8. The molecule has 2 heterocycles. The number of aryl methyl sites for hydroxylation is 1. The van der Waals surface area contributed by atoms with Crippen molar-refractivity contribution in [2.75, 3.05) is 38.8 Å². The Morgan fingerprint density at radius 1 is 1.12 bits per heavy atom. The summed E-state index contributed by atoms with van der Waals surface area (Å²) in [4.78, 5) is 15.8. The second-order valence-electron chi connectivity index (χ2n) is 13.3. The van der Waals surface area contributed by atoms with E-state index < -0.39 is 5.60 Å². The predicted molar refractivity (Wildman–Crippen MR) is 178 cm³/mol. The first-order valence-electron chi connectivity index (χ1n) is 16.1. The van der Waals surface area contributed by atoms with Gasteiger partial charge in [0, 0.05) is 48.6 Å². The zero-order valence-corrected chi connectivity index (χ0v) is 27.9. The molecule has 3 unspecified atom stereocenters. The molecule has 4 aliphatic rings. The molecule has 2 aliphatic carbocycles. The van der Waals surface area contributed by atoms with Gasteiger partial charge in [-0.3, -0.25) is 9.52 Å². The van der Waals surface area contributed by atoms with Crippen LogP contribution in [0.15, 0.2) is 36.4 Å². The van der Waals surface area contributed by atoms with Gasteiger partial charge < -0.3 is 19.5 Å². The van der Waals surface area contributed by atoms with Crippen molar-refractivity contribution >= 4 is 35.1 Å². The Hall–Kier alpha value is -1.93. The molecule has 0 radical (unpaired) electrons. The van der Waals surface area contributed by atoms with Crippen LogP contribution >= 0.6 is 23.5 Å². The van der Waals surface area contributed by atoms with Crippen molar-refractivity contribution < 1.29 is 19.4 Å². The standard InChI is InChI=1S/C33H43ClN2O3S.C2H6O/c1-3-26-8-4-5-15-32(2,38)27-12-9-24(27)19-36-20-33(16-6-7-22-17-25(34)11-13-28(22)33)21-39-30-14-10-23(18-29(30)36)31(37)35-40-26;1-3-2/h10-11,13-14,17-18,24,26-27,38H,3-9,12,15-16,19-21H2,1-2H3,(H,35,37);1-2H3/t24?,26?,27?,32-,33-;/m0./s1. The minimum absolute atomic E-state index is 0.0423. The number of hydrogen-bond acceptors (Lipinski definition) is 6. The number of hydrogen-bond donors (Lipinski definition) is 2. The number of nitrogens with one attached hydrogen (secondary N) is 1. The fraction of sp³-hybridized carbons (Fsp3) is 0.629. The largest absolute Gasteiger partial charge is 0.490 e. The maximum absolute atomic E-state index is 13.3. The SMILES string of the molecule is CCC1CCCC[C@](C)(O)C2CCC2CN2C[C@@]3(CCCc4cc(Cl)ccc43)COc3ccc(cc32)C(=O)NS1.COC. The van der Waals surface area contributed by atoms with Gasteiger partial charge in [-0.1, -0.05) is 37.4 Å². The molecular formula is C35H49ClN2O4S. The second-order valence-corrected chi connectivity index (χ2v) is 14.9. The van der Waals surface area contributed by atoms with Crippen LogP contribution in [0.1, 0.15) is 93.1 Å². The lowest BCUT2D eigenvalue weighted by atomic mass is 9.63. The predicted octanol–water partition coefficient (Wildman–Crippen LogP) is 7.58. The molecule has 1 saturated carbocycles. The maximum atomic E-state index is 13.3. The molecule has 1 amide bonds. The van der Waals surface area contributed by atoms with E-state index in [4.69, 9.17) is 16.3 Å². The smallest absolute Gasteiger partial charge is 0.261 e. The number of benzene rings is 2. The Balaban J connectivity index is 0.00000118. The molecule has 6 rings (SSSR count). The first kappa shape index (κ1) is 32.5. The lowest BCUT2D eigenvalue weighted by molar-refractivity contribution is -0.0743. The Kier molecular flexibility index (Phi) is 10.6. The van der Waals surface area contributed by atoms with Crippen LogP contribution in [0.3, 0.4) is 0 Å². The van der Waals surface area contributed by atoms with Gasteiger partial charge in [-0.2, -0.15) is 0 Å². The molecule has 8 heteroatoms. The molecular weight excluding hydrogens is 580 g/mol. The van der Waals surface area contributed by atoms with E-state index in [1.807, 2.05) is 24.3 Å². The van der Waals surface area contributed by atoms with Gasteiger partial charge in [-0.25, -0.2) is 0 Å².